The second kappa shape index (κ2) is 10.4. The zero-order valence-electron chi connectivity index (χ0n) is 15.9. The normalized spacial score (nSPS) is 10.0. The Kier molecular flexibility index (Phi) is 8.22. The standard InChI is InChI=1S/C18H19N3O9/c1-5-13(23)29-9-7-19-16(26)20(8-10-30-14(24)6-2)18(28)21(17(19)27)11(3)15(25)12(4)22/h5-6,22H,1-4,7-10H2. The minimum atomic E-state index is -1.27. The molecule has 12 nitrogen and oxygen atoms in total. The summed E-state index contributed by atoms with van der Waals surface area (Å²) in [7, 11) is 0. The zero-order chi connectivity index (χ0) is 23.0. The number of carbonyl (C=O) groups excluding carboxylic acids is 3. The molecule has 0 aromatic carbocycles. The molecule has 160 valence electrons. The fraction of sp³-hybridized carbons (Fsp3) is 0.222. The molecule has 1 rings (SSSR count). The highest BCUT2D eigenvalue weighted by molar-refractivity contribution is 6.21. The summed E-state index contributed by atoms with van der Waals surface area (Å²) >= 11 is 0. The van der Waals surface area contributed by atoms with E-state index in [1.165, 1.54) is 0 Å². The summed E-state index contributed by atoms with van der Waals surface area (Å²) in [4.78, 5) is 72.1. The third-order valence-electron chi connectivity index (χ3n) is 3.55. The van der Waals surface area contributed by atoms with Crippen LogP contribution in [0.3, 0.4) is 0 Å². The zero-order valence-corrected chi connectivity index (χ0v) is 15.9. The highest BCUT2D eigenvalue weighted by atomic mass is 16.5. The van der Waals surface area contributed by atoms with E-state index in [0.717, 1.165) is 12.2 Å². The topological polar surface area (TPSA) is 156 Å². The second-order valence-corrected chi connectivity index (χ2v) is 5.45. The summed E-state index contributed by atoms with van der Waals surface area (Å²) in [6, 6.07) is 0. The molecule has 0 radical (unpaired) electrons. The van der Waals surface area contributed by atoms with E-state index in [1.54, 1.807) is 0 Å². The molecular weight excluding hydrogens is 402 g/mol. The highest BCUT2D eigenvalue weighted by Gasteiger charge is 2.22. The Hall–Kier alpha value is -4.22. The fourth-order valence-electron chi connectivity index (χ4n) is 2.11. The summed E-state index contributed by atoms with van der Waals surface area (Å²) in [5, 5.41) is 9.26. The van der Waals surface area contributed by atoms with Gasteiger partial charge in [0.2, 0.25) is 5.78 Å². The first-order valence-electron chi connectivity index (χ1n) is 8.23. The third kappa shape index (κ3) is 5.41. The monoisotopic (exact) mass is 421 g/mol. The number of ether oxygens (including phenoxy) is 2. The smallest absolute Gasteiger partial charge is 0.341 e. The van der Waals surface area contributed by atoms with Crippen molar-refractivity contribution >= 4 is 23.4 Å². The predicted molar refractivity (Wildman–Crippen MR) is 104 cm³/mol. The van der Waals surface area contributed by atoms with Crippen LogP contribution in [0.4, 0.5) is 0 Å². The molecule has 1 aromatic rings. The maximum atomic E-state index is 12.6. The Morgan fingerprint density at radius 2 is 1.23 bits per heavy atom. The van der Waals surface area contributed by atoms with Gasteiger partial charge in [0.15, 0.2) is 5.76 Å². The summed E-state index contributed by atoms with van der Waals surface area (Å²) in [6.45, 7) is 10.8. The lowest BCUT2D eigenvalue weighted by atomic mass is 10.3. The average molecular weight is 421 g/mol. The predicted octanol–water partition coefficient (Wildman–Crippen LogP) is -1.26. The van der Waals surface area contributed by atoms with Crippen LogP contribution in [0.2, 0.25) is 0 Å². The minimum absolute atomic E-state index is 0.246. The van der Waals surface area contributed by atoms with Crippen LogP contribution in [-0.2, 0) is 36.9 Å². The fourth-order valence-corrected chi connectivity index (χ4v) is 2.11. The van der Waals surface area contributed by atoms with Gasteiger partial charge in [-0.05, 0) is 0 Å². The number of ketones is 1. The third-order valence-corrected chi connectivity index (χ3v) is 3.55. The number of rotatable bonds is 11. The molecule has 0 saturated heterocycles. The molecule has 1 aromatic heterocycles. The summed E-state index contributed by atoms with van der Waals surface area (Å²) in [5.41, 5.74) is -4.42. The van der Waals surface area contributed by atoms with Crippen LogP contribution in [0, 0.1) is 0 Å². The first kappa shape index (κ1) is 23.8. The maximum absolute atomic E-state index is 12.6. The molecule has 0 amide bonds. The van der Waals surface area contributed by atoms with Gasteiger partial charge in [-0.3, -0.25) is 4.79 Å². The molecule has 0 unspecified atom stereocenters. The number of allylic oxidation sites excluding steroid dienone is 1. The Bertz CT molecular complexity index is 1040. The van der Waals surface area contributed by atoms with Crippen molar-refractivity contribution in [1.82, 2.24) is 13.7 Å². The van der Waals surface area contributed by atoms with E-state index in [-0.39, 0.29) is 4.57 Å². The van der Waals surface area contributed by atoms with Crippen LogP contribution in [0.5, 0.6) is 0 Å². The molecule has 0 aliphatic carbocycles. The van der Waals surface area contributed by atoms with Gasteiger partial charge in [-0.1, -0.05) is 26.3 Å². The Balaban J connectivity index is 3.51. The van der Waals surface area contributed by atoms with Crippen LogP contribution >= 0.6 is 0 Å². The maximum Gasteiger partial charge on any atom is 0.341 e. The van der Waals surface area contributed by atoms with Crippen molar-refractivity contribution in [3.63, 3.8) is 0 Å². The van der Waals surface area contributed by atoms with Gasteiger partial charge in [0, 0.05) is 12.2 Å². The first-order chi connectivity index (χ1) is 14.1. The second-order valence-electron chi connectivity index (χ2n) is 5.45. The van der Waals surface area contributed by atoms with Crippen molar-refractivity contribution in [2.24, 2.45) is 0 Å². The van der Waals surface area contributed by atoms with Gasteiger partial charge in [-0.15, -0.1) is 0 Å². The molecule has 0 saturated carbocycles. The van der Waals surface area contributed by atoms with Crippen molar-refractivity contribution in [3.8, 4) is 0 Å². The molecule has 1 heterocycles. The summed E-state index contributed by atoms with van der Waals surface area (Å²) in [5.74, 6) is -3.84. The number of hydrogen-bond donors (Lipinski definition) is 1. The summed E-state index contributed by atoms with van der Waals surface area (Å²) < 4.78 is 10.7. The highest BCUT2D eigenvalue weighted by Crippen LogP contribution is 2.01. The van der Waals surface area contributed by atoms with Crippen LogP contribution in [0.25, 0.3) is 5.70 Å². The molecule has 0 spiro atoms. The van der Waals surface area contributed by atoms with Crippen molar-refractivity contribution < 1.29 is 29.0 Å². The van der Waals surface area contributed by atoms with E-state index < -0.39 is 72.6 Å². The number of esters is 2. The molecule has 1 N–H and O–H groups in total. The van der Waals surface area contributed by atoms with Gasteiger partial charge in [0.25, 0.3) is 0 Å². The molecule has 0 aliphatic heterocycles. The van der Waals surface area contributed by atoms with Crippen LogP contribution < -0.4 is 17.1 Å². The van der Waals surface area contributed by atoms with Crippen LogP contribution in [0.15, 0.2) is 58.6 Å². The minimum Gasteiger partial charge on any atom is -0.504 e. The number of Topliss-reactive ketones (excluding diaryl/α,β-unsaturated/α-hetero) is 1. The van der Waals surface area contributed by atoms with Gasteiger partial charge in [0.1, 0.15) is 13.2 Å². The molecule has 0 aliphatic rings. The molecule has 0 bridgehead atoms. The van der Waals surface area contributed by atoms with Crippen molar-refractivity contribution in [2.45, 2.75) is 13.1 Å². The molecule has 0 atom stereocenters. The number of aliphatic hydroxyl groups is 1. The lowest BCUT2D eigenvalue weighted by molar-refractivity contribution is -0.138. The van der Waals surface area contributed by atoms with Crippen molar-refractivity contribution in [2.75, 3.05) is 13.2 Å². The van der Waals surface area contributed by atoms with E-state index in [0.29, 0.717) is 9.13 Å². The summed E-state index contributed by atoms with van der Waals surface area (Å²) in [6.07, 6.45) is 1.73. The quantitative estimate of drug-likeness (QED) is 0.262. The Morgan fingerprint density at radius 3 is 1.57 bits per heavy atom. The van der Waals surface area contributed by atoms with Gasteiger partial charge < -0.3 is 14.6 Å². The van der Waals surface area contributed by atoms with E-state index in [9.17, 15) is 33.9 Å². The van der Waals surface area contributed by atoms with Gasteiger partial charge in [0.05, 0.1) is 18.8 Å². The van der Waals surface area contributed by atoms with E-state index in [4.69, 9.17) is 9.47 Å². The molecular formula is C18H19N3O9. The molecule has 30 heavy (non-hydrogen) atoms. The number of hydrogen-bond acceptors (Lipinski definition) is 9. The SMILES string of the molecule is C=CC(=O)OCCn1c(=O)n(CCOC(=O)C=C)c(=O)n(C(=C)C(=O)C(=C)O)c1=O. The van der Waals surface area contributed by atoms with Crippen molar-refractivity contribution in [1.29, 1.82) is 0 Å². The Morgan fingerprint density at radius 1 is 0.833 bits per heavy atom. The average Bonchev–Trinajstić information content (AvgIpc) is 2.71. The van der Waals surface area contributed by atoms with Gasteiger partial charge >= 0.3 is 29.0 Å². The van der Waals surface area contributed by atoms with Gasteiger partial charge in [-0.2, -0.15) is 0 Å². The van der Waals surface area contributed by atoms with Crippen LogP contribution in [-0.4, -0.2) is 49.7 Å². The lowest BCUT2D eigenvalue weighted by Gasteiger charge is -2.14. The number of carbonyl (C=O) groups is 3. The van der Waals surface area contributed by atoms with Crippen molar-refractivity contribution in [3.05, 3.63) is 75.7 Å². The van der Waals surface area contributed by atoms with E-state index in [2.05, 4.69) is 26.3 Å². The van der Waals surface area contributed by atoms with E-state index >= 15 is 0 Å². The number of aliphatic hydroxyl groups excluding tert-OH is 1. The molecule has 0 fully saturated rings. The number of nitrogens with zero attached hydrogens (tertiary/aromatic N) is 3. The van der Waals surface area contributed by atoms with Gasteiger partial charge in [-0.25, -0.2) is 37.7 Å². The first-order valence-corrected chi connectivity index (χ1v) is 8.23. The lowest BCUT2D eigenvalue weighted by Crippen LogP contribution is -2.55. The van der Waals surface area contributed by atoms with E-state index in [1.807, 2.05) is 0 Å². The van der Waals surface area contributed by atoms with Crippen LogP contribution in [0.1, 0.15) is 0 Å². The Labute approximate surface area is 168 Å². The number of aromatic nitrogens is 3. The largest absolute Gasteiger partial charge is 0.504 e. The molecule has 12 heteroatoms.